The van der Waals surface area contributed by atoms with Gasteiger partial charge in [-0.3, -0.25) is 4.79 Å². The van der Waals surface area contributed by atoms with Crippen molar-refractivity contribution in [2.24, 2.45) is 5.92 Å². The Morgan fingerprint density at radius 1 is 1.42 bits per heavy atom. The number of rotatable bonds is 5. The lowest BCUT2D eigenvalue weighted by atomic mass is 9.98. The highest BCUT2D eigenvalue weighted by Gasteiger charge is 2.35. The average molecular weight is 398 g/mol. The molecule has 0 aliphatic carbocycles. The van der Waals surface area contributed by atoms with Crippen molar-refractivity contribution in [2.75, 3.05) is 20.1 Å². The van der Waals surface area contributed by atoms with Crippen molar-refractivity contribution in [2.45, 2.75) is 37.4 Å². The molecule has 1 unspecified atom stereocenters. The molecule has 26 heavy (non-hydrogen) atoms. The fourth-order valence-electron chi connectivity index (χ4n) is 3.17. The maximum absolute atomic E-state index is 12.8. The summed E-state index contributed by atoms with van der Waals surface area (Å²) in [6.07, 6.45) is 1.37. The first-order valence-corrected chi connectivity index (χ1v) is 10.8. The number of carbonyl (C=O) groups is 1. The topological polar surface area (TPSA) is 83.7 Å². The van der Waals surface area contributed by atoms with Gasteiger partial charge in [0, 0.05) is 31.1 Å². The van der Waals surface area contributed by atoms with Gasteiger partial charge in [-0.15, -0.1) is 11.3 Å². The van der Waals surface area contributed by atoms with Gasteiger partial charge >= 0.3 is 0 Å². The van der Waals surface area contributed by atoms with E-state index in [4.69, 9.17) is 4.52 Å². The Kier molecular flexibility index (Phi) is 5.50. The van der Waals surface area contributed by atoms with Crippen LogP contribution in [0.4, 0.5) is 0 Å². The number of amides is 1. The molecule has 1 atom stereocenters. The molecule has 0 radical (unpaired) electrons. The smallest absolute Gasteiger partial charge is 0.252 e. The summed E-state index contributed by atoms with van der Waals surface area (Å²) in [6.45, 7) is 4.71. The van der Waals surface area contributed by atoms with E-state index in [1.54, 1.807) is 37.1 Å². The Morgan fingerprint density at radius 3 is 2.81 bits per heavy atom. The van der Waals surface area contributed by atoms with Crippen LogP contribution in [0.3, 0.4) is 0 Å². The summed E-state index contributed by atoms with van der Waals surface area (Å²) < 4.78 is 32.5. The van der Waals surface area contributed by atoms with Crippen LogP contribution in [-0.2, 0) is 21.4 Å². The molecule has 0 aromatic carbocycles. The predicted molar refractivity (Wildman–Crippen MR) is 98.3 cm³/mol. The number of hydrogen-bond acceptors (Lipinski definition) is 6. The minimum atomic E-state index is -3.54. The largest absolute Gasteiger partial charge is 0.361 e. The second-order valence-corrected chi connectivity index (χ2v) is 10.1. The van der Waals surface area contributed by atoms with Crippen LogP contribution in [0.2, 0.25) is 0 Å². The third-order valence-corrected chi connectivity index (χ3v) is 7.83. The van der Waals surface area contributed by atoms with Gasteiger partial charge in [-0.25, -0.2) is 8.42 Å². The van der Waals surface area contributed by atoms with Crippen molar-refractivity contribution in [3.05, 3.63) is 34.5 Å². The molecule has 0 N–H and O–H groups in total. The highest BCUT2D eigenvalue weighted by molar-refractivity contribution is 7.91. The molecule has 1 aliphatic rings. The lowest BCUT2D eigenvalue weighted by Crippen LogP contribution is -2.45. The van der Waals surface area contributed by atoms with Gasteiger partial charge in [-0.2, -0.15) is 4.31 Å². The molecule has 0 spiro atoms. The quantitative estimate of drug-likeness (QED) is 0.774. The average Bonchev–Trinajstić information content (AvgIpc) is 3.23. The van der Waals surface area contributed by atoms with E-state index in [0.717, 1.165) is 4.88 Å². The van der Waals surface area contributed by atoms with Crippen molar-refractivity contribution in [1.29, 1.82) is 0 Å². The molecule has 3 heterocycles. The number of aryl methyl sites for hydroxylation is 2. The van der Waals surface area contributed by atoms with Crippen LogP contribution in [0.25, 0.3) is 0 Å². The first-order valence-electron chi connectivity index (χ1n) is 8.51. The molecule has 0 saturated carbocycles. The summed E-state index contributed by atoms with van der Waals surface area (Å²) in [4.78, 5) is 15.3. The van der Waals surface area contributed by atoms with Gasteiger partial charge in [0.15, 0.2) is 0 Å². The molecule has 2 aromatic rings. The van der Waals surface area contributed by atoms with Gasteiger partial charge in [0.05, 0.1) is 12.5 Å². The van der Waals surface area contributed by atoms with E-state index in [1.165, 1.54) is 15.6 Å². The Balaban J connectivity index is 1.68. The summed E-state index contributed by atoms with van der Waals surface area (Å²) in [7, 11) is -1.82. The van der Waals surface area contributed by atoms with Gasteiger partial charge in [-0.1, -0.05) is 5.16 Å². The molecule has 0 bridgehead atoms. The van der Waals surface area contributed by atoms with Crippen molar-refractivity contribution in [3.8, 4) is 0 Å². The van der Waals surface area contributed by atoms with Gasteiger partial charge in [0.2, 0.25) is 5.91 Å². The highest BCUT2D eigenvalue weighted by Crippen LogP contribution is 2.28. The molecule has 3 rings (SSSR count). The lowest BCUT2D eigenvalue weighted by Gasteiger charge is -2.32. The number of nitrogens with zero attached hydrogens (tertiary/aromatic N) is 3. The van der Waals surface area contributed by atoms with Crippen LogP contribution in [0, 0.1) is 19.8 Å². The molecule has 142 valence electrons. The number of hydrogen-bond donors (Lipinski definition) is 0. The minimum absolute atomic E-state index is 0.0621. The summed E-state index contributed by atoms with van der Waals surface area (Å²) >= 11 is 1.26. The Morgan fingerprint density at radius 2 is 2.19 bits per heavy atom. The van der Waals surface area contributed by atoms with Crippen molar-refractivity contribution < 1.29 is 17.7 Å². The third-order valence-electron chi connectivity index (χ3n) is 4.50. The third kappa shape index (κ3) is 3.99. The first kappa shape index (κ1) is 19.1. The van der Waals surface area contributed by atoms with Crippen LogP contribution in [0.1, 0.15) is 29.2 Å². The van der Waals surface area contributed by atoms with Crippen molar-refractivity contribution in [1.82, 2.24) is 14.4 Å². The Bertz CT molecular complexity index is 887. The Labute approximate surface area is 157 Å². The summed E-state index contributed by atoms with van der Waals surface area (Å²) in [5.41, 5.74) is 0.688. The number of aromatic nitrogens is 1. The summed E-state index contributed by atoms with van der Waals surface area (Å²) in [6, 6.07) is 5.23. The summed E-state index contributed by atoms with van der Waals surface area (Å²) in [5, 5.41) is 3.91. The summed E-state index contributed by atoms with van der Waals surface area (Å²) in [5.74, 6) is 0.299. The Hall–Kier alpha value is -1.71. The molecule has 1 fully saturated rings. The molecule has 2 aromatic heterocycles. The SMILES string of the molecule is Cc1cc(CN(C)C(=O)C2CCCN(S(=O)(=O)c3ccc(C)s3)C2)no1. The zero-order valence-electron chi connectivity index (χ0n) is 15.1. The molecule has 1 saturated heterocycles. The number of piperidine rings is 1. The molecule has 1 aliphatic heterocycles. The monoisotopic (exact) mass is 397 g/mol. The fraction of sp³-hybridized carbons (Fsp3) is 0.529. The first-order chi connectivity index (χ1) is 12.3. The van der Waals surface area contributed by atoms with Crippen LogP contribution in [0.5, 0.6) is 0 Å². The molecule has 1 amide bonds. The maximum Gasteiger partial charge on any atom is 0.252 e. The molecular weight excluding hydrogens is 374 g/mol. The lowest BCUT2D eigenvalue weighted by molar-refractivity contribution is -0.135. The maximum atomic E-state index is 12.8. The van der Waals surface area contributed by atoms with Crippen molar-refractivity contribution >= 4 is 27.3 Å². The zero-order chi connectivity index (χ0) is 18.9. The predicted octanol–water partition coefficient (Wildman–Crippen LogP) is 2.41. The van der Waals surface area contributed by atoms with Crippen LogP contribution in [-0.4, -0.2) is 48.8 Å². The van der Waals surface area contributed by atoms with Gasteiger partial charge < -0.3 is 9.42 Å². The molecule has 9 heteroatoms. The van der Waals surface area contributed by atoms with Crippen LogP contribution < -0.4 is 0 Å². The fourth-order valence-corrected chi connectivity index (χ4v) is 6.13. The van der Waals surface area contributed by atoms with E-state index >= 15 is 0 Å². The van der Waals surface area contributed by atoms with E-state index in [2.05, 4.69) is 5.16 Å². The van der Waals surface area contributed by atoms with E-state index in [1.807, 2.05) is 6.92 Å². The number of thiophene rings is 1. The molecule has 7 nitrogen and oxygen atoms in total. The second-order valence-electron chi connectivity index (χ2n) is 6.69. The van der Waals surface area contributed by atoms with Gasteiger partial charge in [0.1, 0.15) is 15.7 Å². The second kappa shape index (κ2) is 7.50. The van der Waals surface area contributed by atoms with E-state index < -0.39 is 10.0 Å². The highest BCUT2D eigenvalue weighted by atomic mass is 32.2. The van der Waals surface area contributed by atoms with Crippen LogP contribution in [0.15, 0.2) is 26.9 Å². The van der Waals surface area contributed by atoms with E-state index in [9.17, 15) is 13.2 Å². The van der Waals surface area contributed by atoms with Gasteiger partial charge in [0.25, 0.3) is 10.0 Å². The van der Waals surface area contributed by atoms with Gasteiger partial charge in [-0.05, 0) is 38.8 Å². The standard InChI is InChI=1S/C17H23N3O4S2/c1-12-9-15(18-24-12)11-19(3)17(21)14-5-4-8-20(10-14)26(22,23)16-7-6-13(2)25-16/h6-7,9,14H,4-5,8,10-11H2,1-3H3. The van der Waals surface area contributed by atoms with E-state index in [0.29, 0.717) is 41.6 Å². The molecular formula is C17H23N3O4S2. The van der Waals surface area contributed by atoms with Crippen LogP contribution >= 0.6 is 11.3 Å². The van der Waals surface area contributed by atoms with Crippen molar-refractivity contribution in [3.63, 3.8) is 0 Å². The number of carbonyl (C=O) groups excluding carboxylic acids is 1. The number of sulfonamides is 1. The normalized spacial score (nSPS) is 18.8. The van der Waals surface area contributed by atoms with E-state index in [-0.39, 0.29) is 18.4 Å². The zero-order valence-corrected chi connectivity index (χ0v) is 16.8. The minimum Gasteiger partial charge on any atom is -0.361 e.